The van der Waals surface area contributed by atoms with E-state index in [1.807, 2.05) is 20.9 Å². The van der Waals surface area contributed by atoms with Crippen molar-refractivity contribution in [1.29, 1.82) is 0 Å². The number of aromatic nitrogens is 1. The van der Waals surface area contributed by atoms with Crippen LogP contribution in [-0.4, -0.2) is 73.1 Å². The van der Waals surface area contributed by atoms with E-state index in [9.17, 15) is 0 Å². The van der Waals surface area contributed by atoms with Gasteiger partial charge in [0.2, 0.25) is 5.89 Å². The van der Waals surface area contributed by atoms with E-state index < -0.39 is 0 Å². The standard InChI is InChI=1S/C23H44N6O.HI/c1-7-28(8-2)13-9-10-18(3)26-23(24-6)25-16-21-11-14-29(15-12-21)17-22-27-19(4)20(5)30-22;/h18,21H,7-17H2,1-6H3,(H2,24,25,26);1H. The molecule has 8 heteroatoms. The van der Waals surface area contributed by atoms with Gasteiger partial charge in [-0.1, -0.05) is 13.8 Å². The molecule has 2 rings (SSSR count). The molecule has 0 bridgehead atoms. The third kappa shape index (κ3) is 10.1. The number of likely N-dealkylation sites (tertiary alicyclic amines) is 1. The van der Waals surface area contributed by atoms with Crippen LogP contribution in [0.4, 0.5) is 0 Å². The predicted molar refractivity (Wildman–Crippen MR) is 140 cm³/mol. The number of hydrogen-bond donors (Lipinski definition) is 2. The molecule has 0 saturated carbocycles. The van der Waals surface area contributed by atoms with Gasteiger partial charge in [-0.15, -0.1) is 24.0 Å². The maximum Gasteiger partial charge on any atom is 0.208 e. The number of rotatable bonds is 11. The van der Waals surface area contributed by atoms with Crippen molar-refractivity contribution in [3.63, 3.8) is 0 Å². The Morgan fingerprint density at radius 2 is 1.94 bits per heavy atom. The number of oxazole rings is 1. The SMILES string of the molecule is CCN(CC)CCCC(C)NC(=NC)NCC1CCN(Cc2nc(C)c(C)o2)CC1.I. The number of nitrogens with one attached hydrogen (secondary N) is 2. The summed E-state index contributed by atoms with van der Waals surface area (Å²) in [6.07, 6.45) is 4.77. The fourth-order valence-electron chi connectivity index (χ4n) is 4.05. The summed E-state index contributed by atoms with van der Waals surface area (Å²) in [5, 5.41) is 7.10. The van der Waals surface area contributed by atoms with Gasteiger partial charge in [-0.05, 0) is 85.1 Å². The van der Waals surface area contributed by atoms with Gasteiger partial charge in [0.1, 0.15) is 5.76 Å². The number of hydrogen-bond acceptors (Lipinski definition) is 5. The number of aliphatic imine (C=N–C) groups is 1. The quantitative estimate of drug-likeness (QED) is 0.249. The number of aryl methyl sites for hydroxylation is 2. The molecule has 7 nitrogen and oxygen atoms in total. The first-order chi connectivity index (χ1) is 14.4. The summed E-state index contributed by atoms with van der Waals surface area (Å²) in [6, 6.07) is 0.432. The Morgan fingerprint density at radius 3 is 2.48 bits per heavy atom. The summed E-state index contributed by atoms with van der Waals surface area (Å²) < 4.78 is 5.74. The van der Waals surface area contributed by atoms with Crippen LogP contribution in [0, 0.1) is 19.8 Å². The second-order valence-electron chi connectivity index (χ2n) is 8.64. The van der Waals surface area contributed by atoms with Crippen LogP contribution in [0.1, 0.15) is 63.8 Å². The van der Waals surface area contributed by atoms with E-state index in [0.29, 0.717) is 12.0 Å². The molecule has 1 fully saturated rings. The highest BCUT2D eigenvalue weighted by Crippen LogP contribution is 2.19. The largest absolute Gasteiger partial charge is 0.444 e. The van der Waals surface area contributed by atoms with Crippen molar-refractivity contribution in [1.82, 2.24) is 25.4 Å². The minimum absolute atomic E-state index is 0. The maximum absolute atomic E-state index is 5.74. The molecule has 0 radical (unpaired) electrons. The third-order valence-corrected chi connectivity index (χ3v) is 6.31. The summed E-state index contributed by atoms with van der Waals surface area (Å²) in [5.41, 5.74) is 1.00. The summed E-state index contributed by atoms with van der Waals surface area (Å²) in [5.74, 6) is 3.40. The Bertz CT molecular complexity index is 619. The van der Waals surface area contributed by atoms with E-state index in [1.54, 1.807) is 0 Å². The Hall–Kier alpha value is -0.870. The number of guanidine groups is 1. The topological polar surface area (TPSA) is 68.9 Å². The lowest BCUT2D eigenvalue weighted by molar-refractivity contribution is 0.164. The zero-order valence-corrected chi connectivity index (χ0v) is 22.9. The maximum atomic E-state index is 5.74. The van der Waals surface area contributed by atoms with Crippen LogP contribution in [0.25, 0.3) is 0 Å². The van der Waals surface area contributed by atoms with E-state index in [1.165, 1.54) is 25.8 Å². The summed E-state index contributed by atoms with van der Waals surface area (Å²) in [7, 11) is 1.86. The first kappa shape index (κ1) is 28.2. The molecule has 1 unspecified atom stereocenters. The molecule has 180 valence electrons. The van der Waals surface area contributed by atoms with Crippen LogP contribution >= 0.6 is 24.0 Å². The van der Waals surface area contributed by atoms with Gasteiger partial charge in [-0.3, -0.25) is 9.89 Å². The van der Waals surface area contributed by atoms with Crippen molar-refractivity contribution in [3.8, 4) is 0 Å². The molecule has 0 spiro atoms. The molecule has 1 saturated heterocycles. The Kier molecular flexibility index (Phi) is 13.7. The molecule has 1 aromatic rings. The molecule has 2 N–H and O–H groups in total. The number of piperidine rings is 1. The predicted octanol–water partition coefficient (Wildman–Crippen LogP) is 3.80. The van der Waals surface area contributed by atoms with Crippen molar-refractivity contribution < 1.29 is 4.42 Å². The van der Waals surface area contributed by atoms with E-state index >= 15 is 0 Å². The lowest BCUT2D eigenvalue weighted by Crippen LogP contribution is -2.45. The van der Waals surface area contributed by atoms with Crippen LogP contribution in [0.5, 0.6) is 0 Å². The van der Waals surface area contributed by atoms with E-state index in [0.717, 1.165) is 69.0 Å². The minimum atomic E-state index is 0. The second-order valence-corrected chi connectivity index (χ2v) is 8.64. The van der Waals surface area contributed by atoms with Crippen molar-refractivity contribution in [2.24, 2.45) is 10.9 Å². The first-order valence-corrected chi connectivity index (χ1v) is 11.8. The average molecular weight is 549 g/mol. The van der Waals surface area contributed by atoms with Crippen molar-refractivity contribution in [2.75, 3.05) is 46.3 Å². The molecule has 1 aliphatic rings. The Balaban J connectivity index is 0.00000480. The molecule has 31 heavy (non-hydrogen) atoms. The molecule has 0 aromatic carbocycles. The van der Waals surface area contributed by atoms with E-state index in [4.69, 9.17) is 4.42 Å². The summed E-state index contributed by atoms with van der Waals surface area (Å²) in [6.45, 7) is 18.2. The number of nitrogens with zero attached hydrogens (tertiary/aromatic N) is 4. The number of halogens is 1. The van der Waals surface area contributed by atoms with Crippen LogP contribution in [0.2, 0.25) is 0 Å². The van der Waals surface area contributed by atoms with Gasteiger partial charge in [-0.25, -0.2) is 4.98 Å². The average Bonchev–Trinajstić information content (AvgIpc) is 3.06. The zero-order valence-electron chi connectivity index (χ0n) is 20.5. The molecular formula is C23H45IN6O. The fourth-order valence-corrected chi connectivity index (χ4v) is 4.05. The van der Waals surface area contributed by atoms with Gasteiger partial charge in [-0.2, -0.15) is 0 Å². The van der Waals surface area contributed by atoms with Gasteiger partial charge in [0.15, 0.2) is 5.96 Å². The fraction of sp³-hybridized carbons (Fsp3) is 0.826. The molecule has 1 aromatic heterocycles. The highest BCUT2D eigenvalue weighted by atomic mass is 127. The van der Waals surface area contributed by atoms with Crippen molar-refractivity contribution in [3.05, 3.63) is 17.3 Å². The van der Waals surface area contributed by atoms with Gasteiger partial charge in [0.05, 0.1) is 12.2 Å². The molecule has 1 atom stereocenters. The highest BCUT2D eigenvalue weighted by Gasteiger charge is 2.21. The van der Waals surface area contributed by atoms with Crippen molar-refractivity contribution >= 4 is 29.9 Å². The van der Waals surface area contributed by atoms with Crippen LogP contribution in [-0.2, 0) is 6.54 Å². The van der Waals surface area contributed by atoms with Crippen LogP contribution in [0.15, 0.2) is 9.41 Å². The van der Waals surface area contributed by atoms with Gasteiger partial charge in [0.25, 0.3) is 0 Å². The lowest BCUT2D eigenvalue weighted by Gasteiger charge is -2.31. The third-order valence-electron chi connectivity index (χ3n) is 6.31. The Morgan fingerprint density at radius 1 is 1.26 bits per heavy atom. The summed E-state index contributed by atoms with van der Waals surface area (Å²) in [4.78, 5) is 13.9. The van der Waals surface area contributed by atoms with Crippen LogP contribution in [0.3, 0.4) is 0 Å². The molecular weight excluding hydrogens is 503 g/mol. The minimum Gasteiger partial charge on any atom is -0.444 e. The lowest BCUT2D eigenvalue weighted by atomic mass is 9.97. The second kappa shape index (κ2) is 15.1. The first-order valence-electron chi connectivity index (χ1n) is 11.8. The molecule has 0 aliphatic carbocycles. The Labute approximate surface area is 206 Å². The monoisotopic (exact) mass is 548 g/mol. The molecule has 1 aliphatic heterocycles. The molecule has 0 amide bonds. The van der Waals surface area contributed by atoms with Crippen molar-refractivity contribution in [2.45, 2.75) is 72.9 Å². The highest BCUT2D eigenvalue weighted by molar-refractivity contribution is 14.0. The van der Waals surface area contributed by atoms with Crippen LogP contribution < -0.4 is 10.6 Å². The van der Waals surface area contributed by atoms with Gasteiger partial charge in [0, 0.05) is 19.6 Å². The van der Waals surface area contributed by atoms with Gasteiger partial charge >= 0.3 is 0 Å². The summed E-state index contributed by atoms with van der Waals surface area (Å²) >= 11 is 0. The smallest absolute Gasteiger partial charge is 0.208 e. The van der Waals surface area contributed by atoms with E-state index in [-0.39, 0.29) is 24.0 Å². The zero-order chi connectivity index (χ0) is 21.9. The molecule has 2 heterocycles. The van der Waals surface area contributed by atoms with E-state index in [2.05, 4.69) is 51.2 Å². The normalized spacial score (nSPS) is 16.9. The van der Waals surface area contributed by atoms with Gasteiger partial charge < -0.3 is 20.0 Å².